The Balaban J connectivity index is 2.35. The van der Waals surface area contributed by atoms with Crippen LogP contribution in [0, 0.1) is 5.82 Å². The largest absolute Gasteiger partial charge is 0.355 e. The summed E-state index contributed by atoms with van der Waals surface area (Å²) in [5.41, 5.74) is 0.515. The molecule has 0 aliphatic rings. The summed E-state index contributed by atoms with van der Waals surface area (Å²) in [7, 11) is 0. The third-order valence-corrected chi connectivity index (χ3v) is 2.49. The molecule has 1 aromatic carbocycles. The van der Waals surface area contributed by atoms with Gasteiger partial charge in [0.05, 0.1) is 6.54 Å². The maximum Gasteiger partial charge on any atom is 0.233 e. The van der Waals surface area contributed by atoms with Crippen LogP contribution in [-0.4, -0.2) is 25.5 Å². The molecule has 1 amide bonds. The van der Waals surface area contributed by atoms with Crippen LogP contribution in [-0.2, 0) is 11.2 Å². The quantitative estimate of drug-likeness (QED) is 0.816. The summed E-state index contributed by atoms with van der Waals surface area (Å²) >= 11 is 5.76. The zero-order valence-electron chi connectivity index (χ0n) is 9.72. The van der Waals surface area contributed by atoms with Crippen LogP contribution in [0.4, 0.5) is 4.39 Å². The Morgan fingerprint density at radius 3 is 2.94 bits per heavy atom. The van der Waals surface area contributed by atoms with Crippen LogP contribution >= 0.6 is 11.6 Å². The third kappa shape index (κ3) is 5.15. The molecule has 2 N–H and O–H groups in total. The fourth-order valence-corrected chi connectivity index (χ4v) is 1.57. The van der Waals surface area contributed by atoms with Crippen LogP contribution in [0.1, 0.15) is 12.5 Å². The normalized spacial score (nSPS) is 10.3. The molecule has 1 rings (SSSR count). The average Bonchev–Trinajstić information content (AvgIpc) is 2.31. The number of likely N-dealkylation sites (N-methyl/N-ethyl adjacent to an activating group) is 1. The second kappa shape index (κ2) is 7.25. The number of hydrogen-bond donors (Lipinski definition) is 2. The van der Waals surface area contributed by atoms with Gasteiger partial charge in [-0.2, -0.15) is 0 Å². The highest BCUT2D eigenvalue weighted by molar-refractivity contribution is 6.30. The lowest BCUT2D eigenvalue weighted by Crippen LogP contribution is -2.34. The van der Waals surface area contributed by atoms with Gasteiger partial charge in [-0.1, -0.05) is 18.5 Å². The van der Waals surface area contributed by atoms with Crippen molar-refractivity contribution in [1.29, 1.82) is 0 Å². The molecule has 0 radical (unpaired) electrons. The van der Waals surface area contributed by atoms with E-state index in [0.29, 0.717) is 23.6 Å². The van der Waals surface area contributed by atoms with Gasteiger partial charge in [-0.25, -0.2) is 4.39 Å². The van der Waals surface area contributed by atoms with Crippen molar-refractivity contribution in [2.75, 3.05) is 19.6 Å². The molecule has 0 bridgehead atoms. The minimum Gasteiger partial charge on any atom is -0.355 e. The standard InChI is InChI=1S/C12H16ClFN2O/c1-2-15-8-12(17)16-6-5-9-7-10(13)3-4-11(9)14/h3-4,7,15H,2,5-6,8H2,1H3,(H,16,17). The predicted octanol–water partition coefficient (Wildman–Crippen LogP) is 1.75. The minimum absolute atomic E-state index is 0.0886. The van der Waals surface area contributed by atoms with Crippen molar-refractivity contribution in [3.05, 3.63) is 34.6 Å². The summed E-state index contributed by atoms with van der Waals surface area (Å²) in [6.45, 7) is 3.36. The van der Waals surface area contributed by atoms with Crippen molar-refractivity contribution in [3.63, 3.8) is 0 Å². The smallest absolute Gasteiger partial charge is 0.233 e. The lowest BCUT2D eigenvalue weighted by Gasteiger charge is -2.06. The van der Waals surface area contributed by atoms with Crippen LogP contribution in [0.15, 0.2) is 18.2 Å². The molecule has 0 spiro atoms. The first-order chi connectivity index (χ1) is 8.13. The number of benzene rings is 1. The van der Waals surface area contributed by atoms with E-state index in [-0.39, 0.29) is 18.3 Å². The van der Waals surface area contributed by atoms with Gasteiger partial charge < -0.3 is 10.6 Å². The summed E-state index contributed by atoms with van der Waals surface area (Å²) in [5.74, 6) is -0.385. The van der Waals surface area contributed by atoms with Crippen molar-refractivity contribution >= 4 is 17.5 Å². The molecule has 94 valence electrons. The molecule has 5 heteroatoms. The zero-order valence-corrected chi connectivity index (χ0v) is 10.5. The Morgan fingerprint density at radius 2 is 2.24 bits per heavy atom. The maximum absolute atomic E-state index is 13.3. The third-order valence-electron chi connectivity index (χ3n) is 2.26. The number of hydrogen-bond acceptors (Lipinski definition) is 2. The molecule has 0 saturated carbocycles. The van der Waals surface area contributed by atoms with E-state index in [2.05, 4.69) is 10.6 Å². The van der Waals surface area contributed by atoms with E-state index in [1.165, 1.54) is 12.1 Å². The van der Waals surface area contributed by atoms with Gasteiger partial charge in [-0.05, 0) is 36.7 Å². The van der Waals surface area contributed by atoms with Crippen molar-refractivity contribution in [1.82, 2.24) is 10.6 Å². The molecular weight excluding hydrogens is 243 g/mol. The first-order valence-corrected chi connectivity index (χ1v) is 5.92. The van der Waals surface area contributed by atoms with Crippen LogP contribution < -0.4 is 10.6 Å². The molecular formula is C12H16ClFN2O. The summed E-state index contributed by atoms with van der Waals surface area (Å²) in [5, 5.41) is 6.11. The van der Waals surface area contributed by atoms with Gasteiger partial charge in [0.2, 0.25) is 5.91 Å². The highest BCUT2D eigenvalue weighted by atomic mass is 35.5. The first kappa shape index (κ1) is 13.9. The lowest BCUT2D eigenvalue weighted by molar-refractivity contribution is -0.120. The van der Waals surface area contributed by atoms with Gasteiger partial charge in [0, 0.05) is 11.6 Å². The van der Waals surface area contributed by atoms with Crippen molar-refractivity contribution in [3.8, 4) is 0 Å². The van der Waals surface area contributed by atoms with Gasteiger partial charge in [-0.15, -0.1) is 0 Å². The van der Waals surface area contributed by atoms with E-state index in [4.69, 9.17) is 11.6 Å². The highest BCUT2D eigenvalue weighted by Crippen LogP contribution is 2.14. The van der Waals surface area contributed by atoms with E-state index >= 15 is 0 Å². The fraction of sp³-hybridized carbons (Fsp3) is 0.417. The van der Waals surface area contributed by atoms with Crippen LogP contribution in [0.3, 0.4) is 0 Å². The van der Waals surface area contributed by atoms with E-state index in [1.807, 2.05) is 6.92 Å². The van der Waals surface area contributed by atoms with Crippen LogP contribution in [0.2, 0.25) is 5.02 Å². The lowest BCUT2D eigenvalue weighted by atomic mass is 10.1. The molecule has 0 heterocycles. The number of halogens is 2. The second-order valence-corrected chi connectivity index (χ2v) is 4.05. The minimum atomic E-state index is -0.296. The van der Waals surface area contributed by atoms with E-state index < -0.39 is 0 Å². The van der Waals surface area contributed by atoms with Crippen molar-refractivity contribution in [2.45, 2.75) is 13.3 Å². The van der Waals surface area contributed by atoms with Crippen LogP contribution in [0.5, 0.6) is 0 Å². The predicted molar refractivity (Wildman–Crippen MR) is 66.7 cm³/mol. The number of amides is 1. The fourth-order valence-electron chi connectivity index (χ4n) is 1.37. The summed E-state index contributed by atoms with van der Waals surface area (Å²) in [4.78, 5) is 11.3. The molecule has 3 nitrogen and oxygen atoms in total. The number of carbonyl (C=O) groups excluding carboxylic acids is 1. The summed E-state index contributed by atoms with van der Waals surface area (Å²) in [6, 6.07) is 4.41. The number of rotatable bonds is 6. The Morgan fingerprint density at radius 1 is 1.47 bits per heavy atom. The Bertz CT molecular complexity index is 385. The molecule has 1 aromatic rings. The zero-order chi connectivity index (χ0) is 12.7. The molecule has 0 atom stereocenters. The Hall–Kier alpha value is -1.13. The van der Waals surface area contributed by atoms with E-state index in [1.54, 1.807) is 6.07 Å². The van der Waals surface area contributed by atoms with Gasteiger partial charge in [0.1, 0.15) is 5.82 Å². The van der Waals surface area contributed by atoms with Crippen LogP contribution in [0.25, 0.3) is 0 Å². The number of nitrogens with one attached hydrogen (secondary N) is 2. The van der Waals surface area contributed by atoms with E-state index in [0.717, 1.165) is 6.54 Å². The molecule has 0 fully saturated rings. The van der Waals surface area contributed by atoms with Gasteiger partial charge in [0.25, 0.3) is 0 Å². The Labute approximate surface area is 105 Å². The number of carbonyl (C=O) groups is 1. The molecule has 0 unspecified atom stereocenters. The summed E-state index contributed by atoms with van der Waals surface area (Å²) in [6.07, 6.45) is 0.435. The monoisotopic (exact) mass is 258 g/mol. The SMILES string of the molecule is CCNCC(=O)NCCc1cc(Cl)ccc1F. The topological polar surface area (TPSA) is 41.1 Å². The van der Waals surface area contributed by atoms with Crippen molar-refractivity contribution in [2.24, 2.45) is 0 Å². The summed E-state index contributed by atoms with van der Waals surface area (Å²) < 4.78 is 13.3. The average molecular weight is 259 g/mol. The molecule has 0 aromatic heterocycles. The van der Waals surface area contributed by atoms with E-state index in [9.17, 15) is 9.18 Å². The second-order valence-electron chi connectivity index (χ2n) is 3.62. The first-order valence-electron chi connectivity index (χ1n) is 5.54. The Kier molecular flexibility index (Phi) is 5.94. The molecule has 0 aliphatic heterocycles. The van der Waals surface area contributed by atoms with Crippen molar-refractivity contribution < 1.29 is 9.18 Å². The van der Waals surface area contributed by atoms with Gasteiger partial charge in [0.15, 0.2) is 0 Å². The molecule has 17 heavy (non-hydrogen) atoms. The highest BCUT2D eigenvalue weighted by Gasteiger charge is 2.04. The van der Waals surface area contributed by atoms with Gasteiger partial charge in [-0.3, -0.25) is 4.79 Å². The van der Waals surface area contributed by atoms with Gasteiger partial charge >= 0.3 is 0 Å². The molecule has 0 saturated heterocycles. The molecule has 0 aliphatic carbocycles. The maximum atomic E-state index is 13.3.